The molecule has 0 saturated heterocycles. The Labute approximate surface area is 110 Å². The van der Waals surface area contributed by atoms with Crippen molar-refractivity contribution in [3.8, 4) is 0 Å². The Bertz CT molecular complexity index is 597. The fraction of sp³-hybridized carbons (Fsp3) is 0.364. The van der Waals surface area contributed by atoms with Crippen LogP contribution in [0, 0.1) is 10.1 Å². The quantitative estimate of drug-likeness (QED) is 0.437. The maximum absolute atomic E-state index is 11.1. The number of hydrogen-bond acceptors (Lipinski definition) is 6. The first-order valence-corrected chi connectivity index (χ1v) is 7.43. The van der Waals surface area contributed by atoms with Gasteiger partial charge in [-0.2, -0.15) is 0 Å². The third-order valence-electron chi connectivity index (χ3n) is 2.57. The molecule has 0 aliphatic carbocycles. The summed E-state index contributed by atoms with van der Waals surface area (Å²) in [7, 11) is -1.43. The second-order valence-corrected chi connectivity index (χ2v) is 6.43. The molecule has 0 saturated carbocycles. The number of nitro groups is 1. The van der Waals surface area contributed by atoms with Crippen molar-refractivity contribution in [2.24, 2.45) is 0 Å². The van der Waals surface area contributed by atoms with Crippen LogP contribution in [0.2, 0.25) is 0 Å². The van der Waals surface area contributed by atoms with E-state index >= 15 is 0 Å². The maximum Gasteiger partial charge on any atom is 0.280 e. The summed E-state index contributed by atoms with van der Waals surface area (Å²) in [5, 5.41) is 10.7. The first-order valence-electron chi connectivity index (χ1n) is 5.37. The van der Waals surface area contributed by atoms with E-state index in [0.29, 0.717) is 12.0 Å². The highest BCUT2D eigenvalue weighted by Gasteiger charge is 2.15. The van der Waals surface area contributed by atoms with Crippen LogP contribution in [-0.2, 0) is 9.84 Å². The van der Waals surface area contributed by atoms with E-state index in [9.17, 15) is 23.3 Å². The van der Waals surface area contributed by atoms with Crippen molar-refractivity contribution in [2.45, 2.75) is 0 Å². The topological polar surface area (TPSA) is 97.6 Å². The SMILES string of the molecule is CN(CCS(C)(=O)=O)c1ccc([N+](=O)[O-])c(C=O)c1. The lowest BCUT2D eigenvalue weighted by molar-refractivity contribution is -0.385. The molecule has 0 aromatic heterocycles. The Hall–Kier alpha value is -1.96. The Morgan fingerprint density at radius 2 is 2.05 bits per heavy atom. The number of sulfone groups is 1. The lowest BCUT2D eigenvalue weighted by Gasteiger charge is -2.18. The molecule has 0 unspecified atom stereocenters. The molecule has 0 aliphatic heterocycles. The molecule has 0 bridgehead atoms. The fourth-order valence-electron chi connectivity index (χ4n) is 1.47. The van der Waals surface area contributed by atoms with E-state index in [4.69, 9.17) is 0 Å². The van der Waals surface area contributed by atoms with Gasteiger partial charge in [0.15, 0.2) is 6.29 Å². The Morgan fingerprint density at radius 1 is 1.42 bits per heavy atom. The van der Waals surface area contributed by atoms with Gasteiger partial charge < -0.3 is 4.90 Å². The number of anilines is 1. The first-order chi connectivity index (χ1) is 8.74. The largest absolute Gasteiger partial charge is 0.374 e. The summed E-state index contributed by atoms with van der Waals surface area (Å²) in [4.78, 5) is 22.5. The van der Waals surface area contributed by atoms with Crippen LogP contribution in [0.25, 0.3) is 0 Å². The van der Waals surface area contributed by atoms with Crippen molar-refractivity contribution in [1.82, 2.24) is 0 Å². The molecular formula is C11H14N2O5S. The number of nitrogens with zero attached hydrogens (tertiary/aromatic N) is 2. The number of carbonyl (C=O) groups is 1. The molecule has 19 heavy (non-hydrogen) atoms. The molecule has 0 aliphatic rings. The molecule has 0 spiro atoms. The van der Waals surface area contributed by atoms with Gasteiger partial charge in [-0.05, 0) is 12.1 Å². The zero-order valence-corrected chi connectivity index (χ0v) is 11.4. The summed E-state index contributed by atoms with van der Waals surface area (Å²) < 4.78 is 22.1. The van der Waals surface area contributed by atoms with Crippen LogP contribution in [0.4, 0.5) is 11.4 Å². The standard InChI is InChI=1S/C11H14N2O5S/c1-12(5-6-19(2,17)18)10-3-4-11(13(15)16)9(7-10)8-14/h3-4,7-8H,5-6H2,1-2H3. The van der Waals surface area contributed by atoms with Crippen LogP contribution in [-0.4, -0.2) is 45.2 Å². The van der Waals surface area contributed by atoms with Crippen molar-refractivity contribution in [1.29, 1.82) is 0 Å². The maximum atomic E-state index is 11.1. The predicted molar refractivity (Wildman–Crippen MR) is 71.5 cm³/mol. The average Bonchev–Trinajstić information content (AvgIpc) is 2.34. The first kappa shape index (κ1) is 15.1. The van der Waals surface area contributed by atoms with Crippen LogP contribution in [0.5, 0.6) is 0 Å². The van der Waals surface area contributed by atoms with E-state index in [0.717, 1.165) is 6.26 Å². The summed E-state index contributed by atoms with van der Waals surface area (Å²) in [6.45, 7) is 0.245. The summed E-state index contributed by atoms with van der Waals surface area (Å²) in [5.74, 6) is -0.0308. The van der Waals surface area contributed by atoms with Gasteiger partial charge in [0.1, 0.15) is 9.84 Å². The van der Waals surface area contributed by atoms with Crippen molar-refractivity contribution >= 4 is 27.5 Å². The summed E-state index contributed by atoms with van der Waals surface area (Å²) in [6, 6.07) is 4.08. The van der Waals surface area contributed by atoms with Crippen LogP contribution < -0.4 is 4.90 Å². The van der Waals surface area contributed by atoms with Crippen molar-refractivity contribution < 1.29 is 18.1 Å². The van der Waals surface area contributed by atoms with E-state index in [1.807, 2.05) is 0 Å². The van der Waals surface area contributed by atoms with Gasteiger partial charge in [0.05, 0.1) is 16.2 Å². The van der Waals surface area contributed by atoms with E-state index in [1.54, 1.807) is 11.9 Å². The van der Waals surface area contributed by atoms with E-state index in [2.05, 4.69) is 0 Å². The monoisotopic (exact) mass is 286 g/mol. The van der Waals surface area contributed by atoms with Gasteiger partial charge in [0.25, 0.3) is 5.69 Å². The summed E-state index contributed by atoms with van der Waals surface area (Å²) >= 11 is 0. The number of benzene rings is 1. The van der Waals surface area contributed by atoms with Gasteiger partial charge in [-0.15, -0.1) is 0 Å². The molecule has 0 amide bonds. The fourth-order valence-corrected chi connectivity index (χ4v) is 2.08. The Morgan fingerprint density at radius 3 is 2.53 bits per heavy atom. The molecule has 1 aromatic carbocycles. The van der Waals surface area contributed by atoms with Crippen molar-refractivity contribution in [2.75, 3.05) is 30.5 Å². The normalized spacial score (nSPS) is 11.1. The average molecular weight is 286 g/mol. The third-order valence-corrected chi connectivity index (χ3v) is 3.50. The zero-order chi connectivity index (χ0) is 14.6. The second-order valence-electron chi connectivity index (χ2n) is 4.17. The molecule has 0 fully saturated rings. The minimum atomic E-state index is -3.08. The smallest absolute Gasteiger partial charge is 0.280 e. The zero-order valence-electron chi connectivity index (χ0n) is 10.6. The Balaban J connectivity index is 2.96. The number of aldehydes is 1. The number of rotatable bonds is 6. The van der Waals surface area contributed by atoms with Crippen LogP contribution in [0.3, 0.4) is 0 Å². The van der Waals surface area contributed by atoms with Crippen LogP contribution in [0.15, 0.2) is 18.2 Å². The predicted octanol–water partition coefficient (Wildman–Crippen LogP) is 0.888. The minimum absolute atomic E-state index is 0.0308. The second kappa shape index (κ2) is 5.79. The molecule has 0 heterocycles. The molecular weight excluding hydrogens is 272 g/mol. The van der Waals surface area contributed by atoms with Crippen LogP contribution >= 0.6 is 0 Å². The lowest BCUT2D eigenvalue weighted by Crippen LogP contribution is -2.24. The highest BCUT2D eigenvalue weighted by atomic mass is 32.2. The third kappa shape index (κ3) is 4.32. The van der Waals surface area contributed by atoms with E-state index in [-0.39, 0.29) is 23.5 Å². The molecule has 8 heteroatoms. The number of nitro benzene ring substituents is 1. The molecule has 104 valence electrons. The van der Waals surface area contributed by atoms with Crippen molar-refractivity contribution in [3.05, 3.63) is 33.9 Å². The summed E-state index contributed by atoms with van der Waals surface area (Å²) in [5.41, 5.74) is 0.250. The molecule has 0 atom stereocenters. The highest BCUT2D eigenvalue weighted by Crippen LogP contribution is 2.23. The molecule has 0 N–H and O–H groups in total. The lowest BCUT2D eigenvalue weighted by atomic mass is 10.1. The highest BCUT2D eigenvalue weighted by molar-refractivity contribution is 7.90. The number of carbonyl (C=O) groups excluding carboxylic acids is 1. The van der Waals surface area contributed by atoms with Crippen molar-refractivity contribution in [3.63, 3.8) is 0 Å². The molecule has 1 rings (SSSR count). The van der Waals surface area contributed by atoms with Gasteiger partial charge in [-0.25, -0.2) is 8.42 Å². The van der Waals surface area contributed by atoms with Gasteiger partial charge in [0.2, 0.25) is 0 Å². The molecule has 7 nitrogen and oxygen atoms in total. The number of hydrogen-bond donors (Lipinski definition) is 0. The van der Waals surface area contributed by atoms with E-state index < -0.39 is 14.8 Å². The van der Waals surface area contributed by atoms with Gasteiger partial charge in [0, 0.05) is 31.6 Å². The van der Waals surface area contributed by atoms with Gasteiger partial charge in [-0.1, -0.05) is 0 Å². The van der Waals surface area contributed by atoms with Crippen LogP contribution in [0.1, 0.15) is 10.4 Å². The summed E-state index contributed by atoms with van der Waals surface area (Å²) in [6.07, 6.45) is 1.54. The van der Waals surface area contributed by atoms with E-state index in [1.165, 1.54) is 18.2 Å². The van der Waals surface area contributed by atoms with Gasteiger partial charge >= 0.3 is 0 Å². The van der Waals surface area contributed by atoms with Gasteiger partial charge in [-0.3, -0.25) is 14.9 Å². The molecule has 0 radical (unpaired) electrons. The molecule has 1 aromatic rings. The minimum Gasteiger partial charge on any atom is -0.374 e. The Kier molecular flexibility index (Phi) is 4.60.